The minimum atomic E-state index is -0.588. The molecule has 6 nitrogen and oxygen atoms in total. The van der Waals surface area contributed by atoms with Gasteiger partial charge in [-0.15, -0.1) is 0 Å². The lowest BCUT2D eigenvalue weighted by Gasteiger charge is -2.29. The van der Waals surface area contributed by atoms with E-state index in [4.69, 9.17) is 33.3 Å². The van der Waals surface area contributed by atoms with Gasteiger partial charge in [0.15, 0.2) is 16.6 Å². The summed E-state index contributed by atoms with van der Waals surface area (Å²) >= 11 is 14.6. The molecule has 0 aliphatic carbocycles. The van der Waals surface area contributed by atoms with Gasteiger partial charge in [-0.05, 0) is 54.2 Å². The Balaban J connectivity index is 2.07. The first kappa shape index (κ1) is 20.3. The largest absolute Gasteiger partial charge is 0.493 e. The number of amides is 2. The van der Waals surface area contributed by atoms with Crippen molar-refractivity contribution in [1.29, 1.82) is 0 Å². The summed E-state index contributed by atoms with van der Waals surface area (Å²) in [4.78, 5) is 26.7. The quantitative estimate of drug-likeness (QED) is 0.407. The number of benzene rings is 2. The second-order valence-corrected chi connectivity index (χ2v) is 7.34. The second kappa shape index (κ2) is 8.30. The van der Waals surface area contributed by atoms with Crippen LogP contribution in [-0.2, 0) is 9.59 Å². The lowest BCUT2D eigenvalue weighted by atomic mass is 10.1. The van der Waals surface area contributed by atoms with Crippen molar-refractivity contribution in [1.82, 2.24) is 5.32 Å². The van der Waals surface area contributed by atoms with Crippen LogP contribution in [0.4, 0.5) is 5.69 Å². The molecule has 1 N–H and O–H groups in total. The van der Waals surface area contributed by atoms with E-state index in [1.807, 2.05) is 0 Å². The Hall–Kier alpha value is -2.42. The molecule has 2 amide bonds. The molecule has 2 aromatic rings. The van der Waals surface area contributed by atoms with Crippen LogP contribution in [-0.4, -0.2) is 31.1 Å². The Labute approximate surface area is 180 Å². The Morgan fingerprint density at radius 3 is 2.46 bits per heavy atom. The molecule has 2 aromatic carbocycles. The zero-order valence-corrected chi connectivity index (χ0v) is 17.9. The van der Waals surface area contributed by atoms with E-state index in [1.165, 1.54) is 25.2 Å². The van der Waals surface area contributed by atoms with Gasteiger partial charge >= 0.3 is 0 Å². The molecule has 0 radical (unpaired) electrons. The number of hydrogen-bond donors (Lipinski definition) is 1. The molecule has 1 aliphatic heterocycles. The molecule has 0 atom stereocenters. The molecule has 3 rings (SSSR count). The standard InChI is InChI=1S/C19H14BrClN2O4S/c1-26-15-7-10(14(20)9-16(15)27-2)6-13-17(24)22-19(28)23(18(13)25)12-5-3-4-11(21)8-12/h3-9H,1-2H3,(H,22,24,28)/b13-6+. The molecular weight excluding hydrogens is 468 g/mol. The monoisotopic (exact) mass is 480 g/mol. The molecule has 1 heterocycles. The highest BCUT2D eigenvalue weighted by atomic mass is 79.9. The van der Waals surface area contributed by atoms with E-state index >= 15 is 0 Å². The van der Waals surface area contributed by atoms with E-state index in [9.17, 15) is 9.59 Å². The minimum absolute atomic E-state index is 0.0132. The van der Waals surface area contributed by atoms with Crippen LogP contribution >= 0.6 is 39.7 Å². The molecule has 0 aromatic heterocycles. The van der Waals surface area contributed by atoms with Crippen molar-refractivity contribution in [2.75, 3.05) is 19.1 Å². The number of nitrogens with one attached hydrogen (secondary N) is 1. The third-order valence-corrected chi connectivity index (χ3v) is 5.18. The van der Waals surface area contributed by atoms with Crippen LogP contribution in [0.2, 0.25) is 5.02 Å². The zero-order valence-electron chi connectivity index (χ0n) is 14.8. The molecule has 144 valence electrons. The van der Waals surface area contributed by atoms with Crippen LogP contribution in [0.15, 0.2) is 46.4 Å². The third kappa shape index (κ3) is 3.89. The maximum Gasteiger partial charge on any atom is 0.270 e. The average molecular weight is 482 g/mol. The lowest BCUT2D eigenvalue weighted by molar-refractivity contribution is -0.122. The Bertz CT molecular complexity index is 1020. The normalized spacial score (nSPS) is 15.6. The van der Waals surface area contributed by atoms with Crippen LogP contribution in [0, 0.1) is 0 Å². The van der Waals surface area contributed by atoms with Crippen molar-refractivity contribution in [3.05, 3.63) is 57.0 Å². The summed E-state index contributed by atoms with van der Waals surface area (Å²) in [7, 11) is 3.02. The first-order valence-electron chi connectivity index (χ1n) is 7.94. The fourth-order valence-corrected chi connectivity index (χ4v) is 3.55. The first-order chi connectivity index (χ1) is 13.3. The molecule has 0 bridgehead atoms. The van der Waals surface area contributed by atoms with Gasteiger partial charge in [-0.2, -0.15) is 0 Å². The molecule has 1 saturated heterocycles. The van der Waals surface area contributed by atoms with Gasteiger partial charge in [0.1, 0.15) is 5.57 Å². The summed E-state index contributed by atoms with van der Waals surface area (Å²) in [6.45, 7) is 0. The summed E-state index contributed by atoms with van der Waals surface area (Å²) < 4.78 is 11.2. The number of hydrogen-bond acceptors (Lipinski definition) is 5. The predicted octanol–water partition coefficient (Wildman–Crippen LogP) is 3.95. The maximum absolute atomic E-state index is 13.0. The topological polar surface area (TPSA) is 67.9 Å². The molecule has 1 aliphatic rings. The van der Waals surface area contributed by atoms with E-state index in [0.717, 1.165) is 0 Å². The van der Waals surface area contributed by atoms with E-state index in [2.05, 4.69) is 21.2 Å². The van der Waals surface area contributed by atoms with Crippen molar-refractivity contribution >= 4 is 68.4 Å². The second-order valence-electron chi connectivity index (χ2n) is 5.67. The van der Waals surface area contributed by atoms with Gasteiger partial charge < -0.3 is 9.47 Å². The zero-order chi connectivity index (χ0) is 20.4. The smallest absolute Gasteiger partial charge is 0.270 e. The summed E-state index contributed by atoms with van der Waals surface area (Å²) in [5.41, 5.74) is 0.941. The number of nitrogens with zero attached hydrogens (tertiary/aromatic N) is 1. The van der Waals surface area contributed by atoms with Gasteiger partial charge in [0, 0.05) is 9.50 Å². The number of thiocarbonyl (C=S) groups is 1. The Kier molecular flexibility index (Phi) is 6.02. The molecule has 1 fully saturated rings. The number of anilines is 1. The SMILES string of the molecule is COc1cc(Br)c(/C=C2\C(=O)NC(=S)N(c3cccc(Cl)c3)C2=O)cc1OC. The molecule has 0 spiro atoms. The van der Waals surface area contributed by atoms with Gasteiger partial charge in [-0.25, -0.2) is 0 Å². The maximum atomic E-state index is 13.0. The van der Waals surface area contributed by atoms with Crippen LogP contribution in [0.3, 0.4) is 0 Å². The highest BCUT2D eigenvalue weighted by Crippen LogP contribution is 2.35. The Morgan fingerprint density at radius 1 is 1.14 bits per heavy atom. The lowest BCUT2D eigenvalue weighted by Crippen LogP contribution is -2.54. The molecule has 28 heavy (non-hydrogen) atoms. The minimum Gasteiger partial charge on any atom is -0.493 e. The molecular formula is C19H14BrClN2O4S. The van der Waals surface area contributed by atoms with Gasteiger partial charge in [-0.3, -0.25) is 19.8 Å². The van der Waals surface area contributed by atoms with Gasteiger partial charge in [0.25, 0.3) is 11.8 Å². The van der Waals surface area contributed by atoms with Gasteiger partial charge in [0.2, 0.25) is 0 Å². The fraction of sp³-hybridized carbons (Fsp3) is 0.105. The molecule has 0 saturated carbocycles. The van der Waals surface area contributed by atoms with Gasteiger partial charge in [-0.1, -0.05) is 33.6 Å². The highest BCUT2D eigenvalue weighted by Gasteiger charge is 2.34. The number of rotatable bonds is 4. The van der Waals surface area contributed by atoms with Crippen LogP contribution in [0.1, 0.15) is 5.56 Å². The van der Waals surface area contributed by atoms with Crippen molar-refractivity contribution < 1.29 is 19.1 Å². The van der Waals surface area contributed by atoms with Crippen LogP contribution < -0.4 is 19.7 Å². The van der Waals surface area contributed by atoms with Crippen molar-refractivity contribution in [3.8, 4) is 11.5 Å². The van der Waals surface area contributed by atoms with E-state index in [1.54, 1.807) is 36.4 Å². The average Bonchev–Trinajstić information content (AvgIpc) is 2.65. The summed E-state index contributed by atoms with van der Waals surface area (Å²) in [6.07, 6.45) is 1.46. The number of carbonyl (C=O) groups is 2. The number of carbonyl (C=O) groups excluding carboxylic acids is 2. The number of halogens is 2. The molecule has 9 heteroatoms. The van der Waals surface area contributed by atoms with Crippen molar-refractivity contribution in [2.45, 2.75) is 0 Å². The van der Waals surface area contributed by atoms with Crippen LogP contribution in [0.5, 0.6) is 11.5 Å². The third-order valence-electron chi connectivity index (χ3n) is 3.97. The number of ether oxygens (including phenoxy) is 2. The highest BCUT2D eigenvalue weighted by molar-refractivity contribution is 9.10. The van der Waals surface area contributed by atoms with Crippen molar-refractivity contribution in [3.63, 3.8) is 0 Å². The fourth-order valence-electron chi connectivity index (χ4n) is 2.64. The van der Waals surface area contributed by atoms with Crippen molar-refractivity contribution in [2.24, 2.45) is 0 Å². The van der Waals surface area contributed by atoms with E-state index < -0.39 is 11.8 Å². The van der Waals surface area contributed by atoms with Crippen LogP contribution in [0.25, 0.3) is 6.08 Å². The summed E-state index contributed by atoms with van der Waals surface area (Å²) in [5, 5.41) is 2.96. The predicted molar refractivity (Wildman–Crippen MR) is 115 cm³/mol. The summed E-state index contributed by atoms with van der Waals surface area (Å²) in [5.74, 6) is -0.172. The van der Waals surface area contributed by atoms with Gasteiger partial charge in [0.05, 0.1) is 19.9 Å². The molecule has 0 unspecified atom stereocenters. The Morgan fingerprint density at radius 2 is 1.82 bits per heavy atom. The van der Waals surface area contributed by atoms with E-state index in [0.29, 0.717) is 32.2 Å². The number of methoxy groups -OCH3 is 2. The first-order valence-corrected chi connectivity index (χ1v) is 9.52. The summed E-state index contributed by atoms with van der Waals surface area (Å²) in [6, 6.07) is 9.99. The van der Waals surface area contributed by atoms with E-state index in [-0.39, 0.29) is 10.7 Å².